The molecule has 3 aromatic rings. The molecule has 0 saturated heterocycles. The SMILES string of the molecule is CCC(=O)c1cc(C)c(-c2cc3cnc(Cl)cc3c(Br)c2N)cn1. The van der Waals surface area contributed by atoms with Gasteiger partial charge in [0.25, 0.3) is 0 Å². The molecule has 0 bridgehead atoms. The number of halogens is 2. The summed E-state index contributed by atoms with van der Waals surface area (Å²) in [5, 5.41) is 2.24. The number of nitrogens with zero attached hydrogens (tertiary/aromatic N) is 2. The minimum absolute atomic E-state index is 0.0242. The van der Waals surface area contributed by atoms with Crippen molar-refractivity contribution in [3.63, 3.8) is 0 Å². The third-order valence-electron chi connectivity index (χ3n) is 3.97. The van der Waals surface area contributed by atoms with Gasteiger partial charge < -0.3 is 5.73 Å². The van der Waals surface area contributed by atoms with Crippen molar-refractivity contribution in [3.8, 4) is 11.1 Å². The lowest BCUT2D eigenvalue weighted by molar-refractivity contribution is 0.0983. The van der Waals surface area contributed by atoms with Crippen molar-refractivity contribution >= 4 is 49.8 Å². The zero-order valence-corrected chi connectivity index (χ0v) is 15.6. The topological polar surface area (TPSA) is 68.9 Å². The molecule has 24 heavy (non-hydrogen) atoms. The van der Waals surface area contributed by atoms with Crippen LogP contribution in [0.3, 0.4) is 0 Å². The molecule has 0 saturated carbocycles. The molecule has 2 heterocycles. The van der Waals surface area contributed by atoms with Crippen molar-refractivity contribution < 1.29 is 4.79 Å². The number of fused-ring (bicyclic) bond motifs is 1. The predicted molar refractivity (Wildman–Crippen MR) is 101 cm³/mol. The normalized spacial score (nSPS) is 11.0. The van der Waals surface area contributed by atoms with Gasteiger partial charge in [-0.05, 0) is 46.6 Å². The Kier molecular flexibility index (Phi) is 4.56. The lowest BCUT2D eigenvalue weighted by atomic mass is 9.97. The Morgan fingerprint density at radius 1 is 1.21 bits per heavy atom. The number of rotatable bonds is 3. The lowest BCUT2D eigenvalue weighted by Crippen LogP contribution is -2.02. The van der Waals surface area contributed by atoms with E-state index in [0.717, 1.165) is 31.9 Å². The Balaban J connectivity index is 2.21. The molecule has 0 amide bonds. The van der Waals surface area contributed by atoms with Crippen LogP contribution in [-0.2, 0) is 0 Å². The zero-order chi connectivity index (χ0) is 17.4. The maximum atomic E-state index is 11.8. The smallest absolute Gasteiger partial charge is 0.180 e. The van der Waals surface area contributed by atoms with Gasteiger partial charge in [-0.2, -0.15) is 0 Å². The van der Waals surface area contributed by atoms with Crippen molar-refractivity contribution in [2.24, 2.45) is 0 Å². The van der Waals surface area contributed by atoms with Gasteiger partial charge in [0.2, 0.25) is 0 Å². The van der Waals surface area contributed by atoms with Crippen LogP contribution in [0.25, 0.3) is 21.9 Å². The summed E-state index contributed by atoms with van der Waals surface area (Å²) in [7, 11) is 0. The lowest BCUT2D eigenvalue weighted by Gasteiger charge is -2.14. The van der Waals surface area contributed by atoms with Gasteiger partial charge in [-0.15, -0.1) is 0 Å². The highest BCUT2D eigenvalue weighted by atomic mass is 79.9. The molecule has 0 atom stereocenters. The first-order valence-electron chi connectivity index (χ1n) is 7.45. The summed E-state index contributed by atoms with van der Waals surface area (Å²) < 4.78 is 0.771. The minimum atomic E-state index is 0.0242. The maximum absolute atomic E-state index is 11.8. The minimum Gasteiger partial charge on any atom is -0.397 e. The van der Waals surface area contributed by atoms with E-state index >= 15 is 0 Å². The fourth-order valence-electron chi connectivity index (χ4n) is 2.64. The van der Waals surface area contributed by atoms with E-state index in [1.807, 2.05) is 19.9 Å². The molecular weight excluding hydrogens is 390 g/mol. The molecule has 0 fully saturated rings. The number of hydrogen-bond donors (Lipinski definition) is 1. The second-order valence-corrected chi connectivity index (χ2v) is 6.72. The van der Waals surface area contributed by atoms with Crippen LogP contribution in [0, 0.1) is 6.92 Å². The number of nitrogens with two attached hydrogens (primary N) is 1. The molecule has 0 radical (unpaired) electrons. The predicted octanol–water partition coefficient (Wildman–Crippen LogP) is 5.20. The number of benzene rings is 1. The third-order valence-corrected chi connectivity index (χ3v) is 5.03. The highest BCUT2D eigenvalue weighted by Crippen LogP contribution is 2.39. The van der Waals surface area contributed by atoms with Crippen LogP contribution in [-0.4, -0.2) is 15.8 Å². The summed E-state index contributed by atoms with van der Waals surface area (Å²) in [6, 6.07) is 5.54. The second-order valence-electron chi connectivity index (χ2n) is 5.54. The van der Waals surface area contributed by atoms with Crippen LogP contribution in [0.5, 0.6) is 0 Å². The number of aryl methyl sites for hydroxylation is 1. The number of nitrogen functional groups attached to an aromatic ring is 1. The van der Waals surface area contributed by atoms with Gasteiger partial charge in [-0.25, -0.2) is 4.98 Å². The molecule has 3 rings (SSSR count). The number of hydrogen-bond acceptors (Lipinski definition) is 4. The molecule has 1 aromatic carbocycles. The molecule has 0 aliphatic heterocycles. The molecule has 0 aliphatic carbocycles. The number of ketones is 1. The molecule has 0 unspecified atom stereocenters. The quantitative estimate of drug-likeness (QED) is 0.370. The van der Waals surface area contributed by atoms with E-state index in [4.69, 9.17) is 17.3 Å². The molecule has 2 N–H and O–H groups in total. The van der Waals surface area contributed by atoms with Gasteiger partial charge in [0, 0.05) is 45.2 Å². The fourth-order valence-corrected chi connectivity index (χ4v) is 3.35. The summed E-state index contributed by atoms with van der Waals surface area (Å²) in [4.78, 5) is 20.2. The van der Waals surface area contributed by atoms with Gasteiger partial charge in [0.1, 0.15) is 10.8 Å². The van der Waals surface area contributed by atoms with Crippen molar-refractivity contribution in [1.82, 2.24) is 9.97 Å². The Morgan fingerprint density at radius 3 is 2.62 bits per heavy atom. The maximum Gasteiger partial charge on any atom is 0.180 e. The molecule has 0 spiro atoms. The number of pyridine rings is 2. The van der Waals surface area contributed by atoms with Gasteiger partial charge in [-0.1, -0.05) is 18.5 Å². The summed E-state index contributed by atoms with van der Waals surface area (Å²) in [6.45, 7) is 3.77. The van der Waals surface area contributed by atoms with E-state index in [0.29, 0.717) is 23.0 Å². The molecular formula is C18H15BrClN3O. The summed E-state index contributed by atoms with van der Waals surface area (Å²) in [5.74, 6) is 0.0242. The number of Topliss-reactive ketones (excluding diaryl/α,β-unsaturated/α-hetero) is 1. The first-order chi connectivity index (χ1) is 11.4. The fraction of sp³-hybridized carbons (Fsp3) is 0.167. The van der Waals surface area contributed by atoms with E-state index in [9.17, 15) is 4.79 Å². The number of anilines is 1. The van der Waals surface area contributed by atoms with Gasteiger partial charge in [0.15, 0.2) is 5.78 Å². The summed E-state index contributed by atoms with van der Waals surface area (Å²) in [5.41, 5.74) is 10.1. The van der Waals surface area contributed by atoms with Crippen LogP contribution in [0.15, 0.2) is 35.1 Å². The molecule has 4 nitrogen and oxygen atoms in total. The van der Waals surface area contributed by atoms with Crippen LogP contribution >= 0.6 is 27.5 Å². The summed E-state index contributed by atoms with van der Waals surface area (Å²) >= 11 is 9.52. The zero-order valence-electron chi connectivity index (χ0n) is 13.2. The average Bonchev–Trinajstić information content (AvgIpc) is 2.58. The first kappa shape index (κ1) is 16.9. The van der Waals surface area contributed by atoms with Crippen molar-refractivity contribution in [2.45, 2.75) is 20.3 Å². The van der Waals surface area contributed by atoms with Crippen LogP contribution in [0.4, 0.5) is 5.69 Å². The van der Waals surface area contributed by atoms with Crippen LogP contribution in [0.1, 0.15) is 29.4 Å². The molecule has 122 valence electrons. The summed E-state index contributed by atoms with van der Waals surface area (Å²) in [6.07, 6.45) is 3.84. The Labute approximate surface area is 153 Å². The molecule has 6 heteroatoms. The Bertz CT molecular complexity index is 972. The first-order valence-corrected chi connectivity index (χ1v) is 8.63. The van der Waals surface area contributed by atoms with Crippen molar-refractivity contribution in [2.75, 3.05) is 5.73 Å². The van der Waals surface area contributed by atoms with Crippen molar-refractivity contribution in [1.29, 1.82) is 0 Å². The average molecular weight is 405 g/mol. The van der Waals surface area contributed by atoms with Gasteiger partial charge in [0.05, 0.1) is 5.69 Å². The molecule has 2 aromatic heterocycles. The third kappa shape index (κ3) is 2.89. The van der Waals surface area contributed by atoms with Crippen LogP contribution in [0.2, 0.25) is 5.15 Å². The second kappa shape index (κ2) is 6.49. The van der Waals surface area contributed by atoms with E-state index in [1.165, 1.54) is 0 Å². The van der Waals surface area contributed by atoms with Crippen LogP contribution < -0.4 is 5.73 Å². The van der Waals surface area contributed by atoms with E-state index < -0.39 is 0 Å². The highest BCUT2D eigenvalue weighted by molar-refractivity contribution is 9.10. The Morgan fingerprint density at radius 2 is 1.96 bits per heavy atom. The van der Waals surface area contributed by atoms with Crippen molar-refractivity contribution in [3.05, 3.63) is 51.5 Å². The monoisotopic (exact) mass is 403 g/mol. The van der Waals surface area contributed by atoms with Gasteiger partial charge >= 0.3 is 0 Å². The number of aromatic nitrogens is 2. The van der Waals surface area contributed by atoms with E-state index in [-0.39, 0.29) is 5.78 Å². The Hall–Kier alpha value is -1.98. The number of carbonyl (C=O) groups excluding carboxylic acids is 1. The number of carbonyl (C=O) groups is 1. The largest absolute Gasteiger partial charge is 0.397 e. The molecule has 0 aliphatic rings. The van der Waals surface area contributed by atoms with Gasteiger partial charge in [-0.3, -0.25) is 9.78 Å². The standard InChI is InChI=1S/C18H15BrClN3O/c1-3-15(24)14-4-9(2)13(8-22-14)12-5-10-7-23-16(20)6-11(10)17(19)18(12)21/h4-8H,3,21H2,1-2H3. The highest BCUT2D eigenvalue weighted by Gasteiger charge is 2.15. The van der Waals surface area contributed by atoms with E-state index in [2.05, 4.69) is 25.9 Å². The van der Waals surface area contributed by atoms with E-state index in [1.54, 1.807) is 24.5 Å².